The zero-order chi connectivity index (χ0) is 28.8. The standard InChI is InChI=1S/C36H34N2O3/c1-35(2,3)27-18-20-28(21-19-27)38-32(39)22-30(33(38)40)36(23-25-12-6-4-7-13-25)29-16-10-11-17-31(29)37(34(36)41)24-26-14-8-5-9-15-26/h4-21,30H,22-24H2,1-3H3/t30-,36+/m0/s1. The van der Waals surface area contributed by atoms with Gasteiger partial charge in [0.2, 0.25) is 17.7 Å². The molecular weight excluding hydrogens is 508 g/mol. The zero-order valence-corrected chi connectivity index (χ0v) is 23.7. The van der Waals surface area contributed by atoms with E-state index in [-0.39, 0.29) is 29.6 Å². The Bertz CT molecular complexity index is 1610. The molecule has 0 aliphatic carbocycles. The molecule has 206 valence electrons. The second kappa shape index (κ2) is 10.2. The molecule has 41 heavy (non-hydrogen) atoms. The molecule has 2 atom stereocenters. The van der Waals surface area contributed by atoms with Crippen molar-refractivity contribution in [3.8, 4) is 0 Å². The van der Waals surface area contributed by atoms with Gasteiger partial charge in [-0.25, -0.2) is 0 Å². The molecule has 4 aromatic rings. The van der Waals surface area contributed by atoms with Gasteiger partial charge in [-0.15, -0.1) is 0 Å². The lowest BCUT2D eigenvalue weighted by Gasteiger charge is -2.33. The lowest BCUT2D eigenvalue weighted by atomic mass is 9.66. The van der Waals surface area contributed by atoms with Crippen LogP contribution in [-0.2, 0) is 38.2 Å². The molecule has 0 spiro atoms. The molecule has 0 N–H and O–H groups in total. The van der Waals surface area contributed by atoms with Crippen LogP contribution >= 0.6 is 0 Å². The van der Waals surface area contributed by atoms with Crippen LogP contribution in [-0.4, -0.2) is 17.7 Å². The predicted molar refractivity (Wildman–Crippen MR) is 162 cm³/mol. The molecule has 0 radical (unpaired) electrons. The minimum Gasteiger partial charge on any atom is -0.307 e. The van der Waals surface area contributed by atoms with Crippen molar-refractivity contribution < 1.29 is 14.4 Å². The fraction of sp³-hybridized carbons (Fsp3) is 0.250. The van der Waals surface area contributed by atoms with Gasteiger partial charge in [0.1, 0.15) is 0 Å². The number of fused-ring (bicyclic) bond motifs is 1. The smallest absolute Gasteiger partial charge is 0.239 e. The van der Waals surface area contributed by atoms with Crippen LogP contribution < -0.4 is 9.80 Å². The van der Waals surface area contributed by atoms with Gasteiger partial charge in [0.15, 0.2) is 0 Å². The highest BCUT2D eigenvalue weighted by Crippen LogP contribution is 2.52. The molecule has 2 aliphatic rings. The number of carbonyl (C=O) groups is 3. The summed E-state index contributed by atoms with van der Waals surface area (Å²) in [6.45, 7) is 6.77. The van der Waals surface area contributed by atoms with E-state index in [1.807, 2.05) is 109 Å². The molecule has 2 aliphatic heterocycles. The summed E-state index contributed by atoms with van der Waals surface area (Å²) in [4.78, 5) is 45.8. The molecule has 6 rings (SSSR count). The molecule has 4 aromatic carbocycles. The Morgan fingerprint density at radius 3 is 1.95 bits per heavy atom. The van der Waals surface area contributed by atoms with E-state index in [1.165, 1.54) is 4.90 Å². The van der Waals surface area contributed by atoms with Gasteiger partial charge in [0, 0.05) is 12.1 Å². The van der Waals surface area contributed by atoms with Gasteiger partial charge < -0.3 is 4.90 Å². The van der Waals surface area contributed by atoms with Gasteiger partial charge >= 0.3 is 0 Å². The number of para-hydroxylation sites is 1. The summed E-state index contributed by atoms with van der Waals surface area (Å²) in [7, 11) is 0. The van der Waals surface area contributed by atoms with Crippen molar-refractivity contribution in [1.29, 1.82) is 0 Å². The Kier molecular flexibility index (Phi) is 6.61. The van der Waals surface area contributed by atoms with Crippen LogP contribution in [0.3, 0.4) is 0 Å². The first-order valence-corrected chi connectivity index (χ1v) is 14.2. The molecule has 0 saturated carbocycles. The van der Waals surface area contributed by atoms with Crippen LogP contribution in [0.5, 0.6) is 0 Å². The second-order valence-electron chi connectivity index (χ2n) is 12.1. The number of hydrogen-bond acceptors (Lipinski definition) is 3. The largest absolute Gasteiger partial charge is 0.307 e. The minimum absolute atomic E-state index is 0.0219. The number of benzene rings is 4. The van der Waals surface area contributed by atoms with E-state index in [0.717, 1.165) is 27.9 Å². The highest BCUT2D eigenvalue weighted by atomic mass is 16.2. The molecule has 2 heterocycles. The van der Waals surface area contributed by atoms with E-state index in [2.05, 4.69) is 20.8 Å². The normalized spacial score (nSPS) is 20.6. The van der Waals surface area contributed by atoms with E-state index < -0.39 is 11.3 Å². The van der Waals surface area contributed by atoms with Crippen molar-refractivity contribution in [2.45, 2.75) is 51.0 Å². The van der Waals surface area contributed by atoms with Crippen molar-refractivity contribution >= 4 is 29.1 Å². The van der Waals surface area contributed by atoms with Gasteiger partial charge in [-0.1, -0.05) is 112 Å². The average molecular weight is 543 g/mol. The van der Waals surface area contributed by atoms with Crippen LogP contribution in [0.4, 0.5) is 11.4 Å². The first-order valence-electron chi connectivity index (χ1n) is 14.2. The average Bonchev–Trinajstić information content (AvgIpc) is 3.40. The van der Waals surface area contributed by atoms with Gasteiger partial charge in [0.05, 0.1) is 23.6 Å². The summed E-state index contributed by atoms with van der Waals surface area (Å²) in [6, 6.07) is 35.1. The van der Waals surface area contributed by atoms with Gasteiger partial charge in [-0.2, -0.15) is 0 Å². The molecule has 5 nitrogen and oxygen atoms in total. The van der Waals surface area contributed by atoms with Crippen LogP contribution in [0.25, 0.3) is 0 Å². The fourth-order valence-corrected chi connectivity index (χ4v) is 6.42. The number of anilines is 2. The number of nitrogens with zero attached hydrogens (tertiary/aromatic N) is 2. The quantitative estimate of drug-likeness (QED) is 0.258. The maximum atomic E-state index is 14.8. The Balaban J connectivity index is 1.46. The van der Waals surface area contributed by atoms with Crippen LogP contribution in [0, 0.1) is 5.92 Å². The number of rotatable bonds is 6. The molecule has 3 amide bonds. The molecule has 0 unspecified atom stereocenters. The summed E-state index contributed by atoms with van der Waals surface area (Å²) >= 11 is 0. The summed E-state index contributed by atoms with van der Waals surface area (Å²) in [5, 5.41) is 0. The van der Waals surface area contributed by atoms with Crippen molar-refractivity contribution in [2.75, 3.05) is 9.80 Å². The number of amides is 3. The van der Waals surface area contributed by atoms with Crippen molar-refractivity contribution in [2.24, 2.45) is 5.92 Å². The molecule has 5 heteroatoms. The summed E-state index contributed by atoms with van der Waals surface area (Å²) in [5.74, 6) is -1.56. The van der Waals surface area contributed by atoms with E-state index in [9.17, 15) is 14.4 Å². The maximum Gasteiger partial charge on any atom is 0.239 e. The van der Waals surface area contributed by atoms with Crippen LogP contribution in [0.15, 0.2) is 109 Å². The monoisotopic (exact) mass is 542 g/mol. The van der Waals surface area contributed by atoms with Crippen molar-refractivity contribution in [3.63, 3.8) is 0 Å². The van der Waals surface area contributed by atoms with Crippen LogP contribution in [0.2, 0.25) is 0 Å². The third-order valence-corrected chi connectivity index (χ3v) is 8.54. The van der Waals surface area contributed by atoms with Gasteiger partial charge in [-0.05, 0) is 52.3 Å². The van der Waals surface area contributed by atoms with Crippen LogP contribution in [0.1, 0.15) is 49.4 Å². The van der Waals surface area contributed by atoms with Crippen molar-refractivity contribution in [3.05, 3.63) is 131 Å². The molecule has 0 bridgehead atoms. The Labute approximate surface area is 241 Å². The topological polar surface area (TPSA) is 57.7 Å². The van der Waals surface area contributed by atoms with E-state index in [4.69, 9.17) is 0 Å². The number of hydrogen-bond donors (Lipinski definition) is 0. The third-order valence-electron chi connectivity index (χ3n) is 8.54. The summed E-state index contributed by atoms with van der Waals surface area (Å²) in [5.41, 5.74) is 3.96. The zero-order valence-electron chi connectivity index (χ0n) is 23.7. The third kappa shape index (κ3) is 4.55. The summed E-state index contributed by atoms with van der Waals surface area (Å²) < 4.78 is 0. The first kappa shape index (κ1) is 26.7. The molecule has 1 fully saturated rings. The fourth-order valence-electron chi connectivity index (χ4n) is 6.42. The molecule has 1 saturated heterocycles. The highest BCUT2D eigenvalue weighted by Gasteiger charge is 2.61. The predicted octanol–water partition coefficient (Wildman–Crippen LogP) is 6.59. The van der Waals surface area contributed by atoms with Gasteiger partial charge in [-0.3, -0.25) is 19.3 Å². The lowest BCUT2D eigenvalue weighted by molar-refractivity contribution is -0.131. The lowest BCUT2D eigenvalue weighted by Crippen LogP contribution is -2.50. The van der Waals surface area contributed by atoms with E-state index in [0.29, 0.717) is 18.7 Å². The van der Waals surface area contributed by atoms with E-state index in [1.54, 1.807) is 4.90 Å². The van der Waals surface area contributed by atoms with Gasteiger partial charge in [0.25, 0.3) is 0 Å². The summed E-state index contributed by atoms with van der Waals surface area (Å²) in [6.07, 6.45) is 0.307. The minimum atomic E-state index is -1.21. The Hall–Kier alpha value is -4.51. The maximum absolute atomic E-state index is 14.8. The Morgan fingerprint density at radius 1 is 0.732 bits per heavy atom. The molecular formula is C36H34N2O3. The highest BCUT2D eigenvalue weighted by molar-refractivity contribution is 6.24. The molecule has 0 aromatic heterocycles. The number of imide groups is 1. The first-order chi connectivity index (χ1) is 19.7. The SMILES string of the molecule is CC(C)(C)c1ccc(N2C(=O)C[C@H]([C@]3(Cc4ccccc4)C(=O)N(Cc4ccccc4)c4ccccc43)C2=O)cc1. The van der Waals surface area contributed by atoms with Crippen molar-refractivity contribution in [1.82, 2.24) is 0 Å². The van der Waals surface area contributed by atoms with E-state index >= 15 is 0 Å². The number of carbonyl (C=O) groups excluding carboxylic acids is 3. The second-order valence-corrected chi connectivity index (χ2v) is 12.1. The Morgan fingerprint density at radius 2 is 1.32 bits per heavy atom.